The summed E-state index contributed by atoms with van der Waals surface area (Å²) in [5, 5.41) is 3.36. The van der Waals surface area contributed by atoms with Crippen LogP contribution in [0, 0.1) is 0 Å². The van der Waals surface area contributed by atoms with Gasteiger partial charge in [-0.1, -0.05) is 0 Å². The molecule has 3 heterocycles. The molecule has 22 heavy (non-hydrogen) atoms. The molecule has 2 N–H and O–H groups in total. The van der Waals surface area contributed by atoms with Gasteiger partial charge in [-0.3, -0.25) is 4.57 Å². The number of morpholine rings is 1. The van der Waals surface area contributed by atoms with Gasteiger partial charge in [-0.25, -0.2) is 4.79 Å². The number of H-pyrrole nitrogens is 1. The van der Waals surface area contributed by atoms with Gasteiger partial charge in [-0.15, -0.1) is 0 Å². The highest BCUT2D eigenvalue weighted by molar-refractivity contribution is 5.80. The number of piperidine rings is 1. The number of benzene rings is 1. The summed E-state index contributed by atoms with van der Waals surface area (Å²) in [5.74, 6) is 0. The van der Waals surface area contributed by atoms with Crippen LogP contribution in [0.2, 0.25) is 0 Å². The number of rotatable bonds is 2. The van der Waals surface area contributed by atoms with E-state index in [1.54, 1.807) is 0 Å². The number of hydrogen-bond donors (Lipinski definition) is 2. The minimum Gasteiger partial charge on any atom is -0.378 e. The van der Waals surface area contributed by atoms with E-state index in [1.807, 2.05) is 10.6 Å². The second-order valence-electron chi connectivity index (χ2n) is 6.08. The van der Waals surface area contributed by atoms with Crippen molar-refractivity contribution in [3.8, 4) is 0 Å². The van der Waals surface area contributed by atoms with E-state index in [2.05, 4.69) is 27.3 Å². The predicted octanol–water partition coefficient (Wildman–Crippen LogP) is 1.09. The number of ether oxygens (including phenoxy) is 1. The Labute approximate surface area is 129 Å². The van der Waals surface area contributed by atoms with Gasteiger partial charge in [0.15, 0.2) is 0 Å². The van der Waals surface area contributed by atoms with Crippen LogP contribution in [0.15, 0.2) is 23.0 Å². The highest BCUT2D eigenvalue weighted by atomic mass is 16.5. The molecule has 0 radical (unpaired) electrons. The van der Waals surface area contributed by atoms with E-state index in [0.29, 0.717) is 6.04 Å². The quantitative estimate of drug-likeness (QED) is 0.872. The molecule has 0 saturated carbocycles. The average molecular weight is 302 g/mol. The first-order valence-electron chi connectivity index (χ1n) is 8.10. The monoisotopic (exact) mass is 302 g/mol. The van der Waals surface area contributed by atoms with E-state index in [0.717, 1.165) is 63.3 Å². The Morgan fingerprint density at radius 3 is 2.68 bits per heavy atom. The highest BCUT2D eigenvalue weighted by Gasteiger charge is 2.20. The summed E-state index contributed by atoms with van der Waals surface area (Å²) in [5.41, 5.74) is 3.15. The topological polar surface area (TPSA) is 62.3 Å². The fourth-order valence-electron chi connectivity index (χ4n) is 3.56. The largest absolute Gasteiger partial charge is 0.378 e. The van der Waals surface area contributed by atoms with Crippen LogP contribution >= 0.6 is 0 Å². The first-order chi connectivity index (χ1) is 10.8. The molecule has 2 saturated heterocycles. The number of hydrogen-bond acceptors (Lipinski definition) is 4. The lowest BCUT2D eigenvalue weighted by molar-refractivity contribution is 0.122. The number of imidazole rings is 1. The van der Waals surface area contributed by atoms with Gasteiger partial charge in [0.1, 0.15) is 0 Å². The molecule has 0 atom stereocenters. The van der Waals surface area contributed by atoms with Gasteiger partial charge >= 0.3 is 5.69 Å². The zero-order chi connectivity index (χ0) is 14.9. The van der Waals surface area contributed by atoms with Crippen LogP contribution in [0.25, 0.3) is 11.0 Å². The van der Waals surface area contributed by atoms with E-state index in [1.165, 1.54) is 5.69 Å². The number of aromatic nitrogens is 2. The van der Waals surface area contributed by atoms with Crippen LogP contribution in [-0.4, -0.2) is 48.9 Å². The second kappa shape index (κ2) is 5.78. The van der Waals surface area contributed by atoms with Gasteiger partial charge in [0, 0.05) is 24.8 Å². The minimum absolute atomic E-state index is 0.0148. The van der Waals surface area contributed by atoms with Crippen LogP contribution in [0.3, 0.4) is 0 Å². The summed E-state index contributed by atoms with van der Waals surface area (Å²) in [6.07, 6.45) is 2.02. The molecule has 118 valence electrons. The van der Waals surface area contributed by atoms with E-state index < -0.39 is 0 Å². The maximum atomic E-state index is 12.4. The van der Waals surface area contributed by atoms with Gasteiger partial charge in [0.05, 0.1) is 24.2 Å². The molecular formula is C16H22N4O2. The third-order valence-electron chi connectivity index (χ3n) is 4.75. The smallest absolute Gasteiger partial charge is 0.326 e. The Morgan fingerprint density at radius 2 is 1.91 bits per heavy atom. The maximum Gasteiger partial charge on any atom is 0.326 e. The highest BCUT2D eigenvalue weighted by Crippen LogP contribution is 2.26. The van der Waals surface area contributed by atoms with Crippen molar-refractivity contribution >= 4 is 16.7 Å². The van der Waals surface area contributed by atoms with E-state index in [9.17, 15) is 4.79 Å². The van der Waals surface area contributed by atoms with Crippen molar-refractivity contribution in [2.75, 3.05) is 44.3 Å². The zero-order valence-corrected chi connectivity index (χ0v) is 12.7. The molecule has 4 rings (SSSR count). The van der Waals surface area contributed by atoms with Crippen molar-refractivity contribution < 1.29 is 4.74 Å². The normalized spacial score (nSPS) is 20.6. The van der Waals surface area contributed by atoms with Crippen molar-refractivity contribution in [1.29, 1.82) is 0 Å². The molecule has 2 aliphatic heterocycles. The first kappa shape index (κ1) is 13.8. The van der Waals surface area contributed by atoms with Crippen molar-refractivity contribution in [2.24, 2.45) is 0 Å². The molecular weight excluding hydrogens is 280 g/mol. The fraction of sp³-hybridized carbons (Fsp3) is 0.562. The molecule has 2 aromatic rings. The second-order valence-corrected chi connectivity index (χ2v) is 6.08. The molecule has 0 aliphatic carbocycles. The SMILES string of the molecule is O=c1[nH]c2ccc(N3CCOCC3)cc2n1C1CCNCC1. The summed E-state index contributed by atoms with van der Waals surface area (Å²) in [6, 6.07) is 6.57. The minimum atomic E-state index is 0.0148. The first-order valence-corrected chi connectivity index (χ1v) is 8.10. The summed E-state index contributed by atoms with van der Waals surface area (Å²) < 4.78 is 7.38. The lowest BCUT2D eigenvalue weighted by atomic mass is 10.1. The summed E-state index contributed by atoms with van der Waals surface area (Å²) in [7, 11) is 0. The van der Waals surface area contributed by atoms with Gasteiger partial charge < -0.3 is 19.9 Å². The molecule has 1 aromatic heterocycles. The Bertz CT molecular complexity index is 708. The van der Waals surface area contributed by atoms with Crippen molar-refractivity contribution in [1.82, 2.24) is 14.9 Å². The molecule has 6 nitrogen and oxygen atoms in total. The molecule has 0 unspecified atom stereocenters. The zero-order valence-electron chi connectivity index (χ0n) is 12.7. The van der Waals surface area contributed by atoms with E-state index in [-0.39, 0.29) is 5.69 Å². The summed E-state index contributed by atoms with van der Waals surface area (Å²) in [6.45, 7) is 5.32. The third-order valence-corrected chi connectivity index (χ3v) is 4.75. The van der Waals surface area contributed by atoms with Gasteiger partial charge in [-0.05, 0) is 44.1 Å². The number of aromatic amines is 1. The van der Waals surface area contributed by atoms with Crippen LogP contribution < -0.4 is 15.9 Å². The van der Waals surface area contributed by atoms with Crippen molar-refractivity contribution in [2.45, 2.75) is 18.9 Å². The van der Waals surface area contributed by atoms with Gasteiger partial charge in [0.25, 0.3) is 0 Å². The molecule has 6 heteroatoms. The molecule has 0 spiro atoms. The fourth-order valence-corrected chi connectivity index (χ4v) is 3.56. The lowest BCUT2D eigenvalue weighted by Gasteiger charge is -2.29. The van der Waals surface area contributed by atoms with Crippen LogP contribution in [0.5, 0.6) is 0 Å². The van der Waals surface area contributed by atoms with Crippen molar-refractivity contribution in [3.05, 3.63) is 28.7 Å². The summed E-state index contributed by atoms with van der Waals surface area (Å²) >= 11 is 0. The van der Waals surface area contributed by atoms with E-state index in [4.69, 9.17) is 4.74 Å². The third kappa shape index (κ3) is 2.42. The average Bonchev–Trinajstić information content (AvgIpc) is 2.91. The number of anilines is 1. The molecule has 0 amide bonds. The van der Waals surface area contributed by atoms with Crippen molar-refractivity contribution in [3.63, 3.8) is 0 Å². The van der Waals surface area contributed by atoms with Gasteiger partial charge in [0.2, 0.25) is 0 Å². The number of fused-ring (bicyclic) bond motifs is 1. The Balaban J connectivity index is 1.75. The van der Waals surface area contributed by atoms with Crippen LogP contribution in [0.4, 0.5) is 5.69 Å². The lowest BCUT2D eigenvalue weighted by Crippen LogP contribution is -2.36. The van der Waals surface area contributed by atoms with E-state index >= 15 is 0 Å². The Hall–Kier alpha value is -1.79. The predicted molar refractivity (Wildman–Crippen MR) is 86.7 cm³/mol. The molecule has 2 fully saturated rings. The Morgan fingerprint density at radius 1 is 1.14 bits per heavy atom. The molecule has 0 bridgehead atoms. The summed E-state index contributed by atoms with van der Waals surface area (Å²) in [4.78, 5) is 17.7. The molecule has 1 aromatic carbocycles. The molecule has 2 aliphatic rings. The van der Waals surface area contributed by atoms with Crippen LogP contribution in [-0.2, 0) is 4.74 Å². The number of nitrogens with one attached hydrogen (secondary N) is 2. The standard InChI is InChI=1S/C16H22N4O2/c21-16-18-14-2-1-13(19-7-9-22-10-8-19)11-15(14)20(16)12-3-5-17-6-4-12/h1-2,11-12,17H,3-10H2,(H,18,21). The van der Waals surface area contributed by atoms with Gasteiger partial charge in [-0.2, -0.15) is 0 Å². The Kier molecular flexibility index (Phi) is 3.63. The maximum absolute atomic E-state index is 12.4. The van der Waals surface area contributed by atoms with Crippen LogP contribution in [0.1, 0.15) is 18.9 Å². The number of nitrogens with zero attached hydrogens (tertiary/aromatic N) is 2.